The molecule has 1 aromatic carbocycles. The van der Waals surface area contributed by atoms with Gasteiger partial charge in [-0.2, -0.15) is 4.98 Å². The fourth-order valence-electron chi connectivity index (χ4n) is 1.88. The van der Waals surface area contributed by atoms with Gasteiger partial charge in [0.05, 0.1) is 16.2 Å². The Morgan fingerprint density at radius 2 is 1.95 bits per heavy atom. The molecule has 100 valence electrons. The van der Waals surface area contributed by atoms with Crippen LogP contribution in [0.3, 0.4) is 0 Å². The van der Waals surface area contributed by atoms with Crippen LogP contribution < -0.4 is 11.1 Å². The number of aromatic nitrogens is 3. The Bertz CT molecular complexity index is 771. The number of benzene rings is 1. The molecule has 0 aliphatic rings. The van der Waals surface area contributed by atoms with Gasteiger partial charge in [-0.3, -0.25) is 4.98 Å². The van der Waals surface area contributed by atoms with Crippen LogP contribution in [0.25, 0.3) is 10.9 Å². The van der Waals surface area contributed by atoms with Crippen LogP contribution in [0.15, 0.2) is 36.5 Å². The number of fused-ring (bicyclic) bond motifs is 1. The van der Waals surface area contributed by atoms with E-state index in [1.807, 2.05) is 18.2 Å². The zero-order valence-electron chi connectivity index (χ0n) is 10.1. The van der Waals surface area contributed by atoms with E-state index in [2.05, 4.69) is 20.3 Å². The molecule has 0 aliphatic heterocycles. The Balaban J connectivity index is 2.09. The van der Waals surface area contributed by atoms with Gasteiger partial charge in [0.15, 0.2) is 0 Å². The molecule has 0 aliphatic carbocycles. The van der Waals surface area contributed by atoms with Crippen LogP contribution >= 0.6 is 23.2 Å². The summed E-state index contributed by atoms with van der Waals surface area (Å²) in [7, 11) is 0. The van der Waals surface area contributed by atoms with Gasteiger partial charge in [0.2, 0.25) is 5.95 Å². The highest BCUT2D eigenvalue weighted by atomic mass is 35.5. The number of nitrogen functional groups attached to an aromatic ring is 1. The summed E-state index contributed by atoms with van der Waals surface area (Å²) < 4.78 is 0. The first-order valence-electron chi connectivity index (χ1n) is 5.74. The molecule has 0 fully saturated rings. The minimum absolute atomic E-state index is 0.103. The van der Waals surface area contributed by atoms with Crippen molar-refractivity contribution in [3.8, 4) is 0 Å². The van der Waals surface area contributed by atoms with E-state index in [1.54, 1.807) is 18.3 Å². The minimum atomic E-state index is 0.103. The van der Waals surface area contributed by atoms with Crippen molar-refractivity contribution in [3.05, 3.63) is 46.7 Å². The van der Waals surface area contributed by atoms with E-state index in [-0.39, 0.29) is 11.1 Å². The van der Waals surface area contributed by atoms with Gasteiger partial charge in [0.25, 0.3) is 0 Å². The Morgan fingerprint density at radius 3 is 2.75 bits per heavy atom. The predicted molar refractivity (Wildman–Crippen MR) is 81.5 cm³/mol. The summed E-state index contributed by atoms with van der Waals surface area (Å²) in [6.45, 7) is 0. The molecule has 20 heavy (non-hydrogen) atoms. The maximum absolute atomic E-state index is 6.15. The summed E-state index contributed by atoms with van der Waals surface area (Å²) in [5.41, 5.74) is 7.07. The average Bonchev–Trinajstić information content (AvgIpc) is 2.41. The van der Waals surface area contributed by atoms with Crippen LogP contribution in [0, 0.1) is 0 Å². The monoisotopic (exact) mass is 305 g/mol. The maximum Gasteiger partial charge on any atom is 0.223 e. The van der Waals surface area contributed by atoms with Crippen LogP contribution in [-0.2, 0) is 0 Å². The molecule has 3 aromatic rings. The molecule has 7 heteroatoms. The van der Waals surface area contributed by atoms with E-state index < -0.39 is 0 Å². The third kappa shape index (κ3) is 2.45. The van der Waals surface area contributed by atoms with Crippen molar-refractivity contribution < 1.29 is 0 Å². The smallest absolute Gasteiger partial charge is 0.223 e. The van der Waals surface area contributed by atoms with Crippen LogP contribution in [0.2, 0.25) is 10.2 Å². The number of nitrogens with two attached hydrogens (primary N) is 1. The van der Waals surface area contributed by atoms with Crippen LogP contribution in [0.4, 0.5) is 17.5 Å². The van der Waals surface area contributed by atoms with Crippen LogP contribution in [-0.4, -0.2) is 15.0 Å². The molecule has 0 saturated carbocycles. The number of pyridine rings is 1. The van der Waals surface area contributed by atoms with Crippen molar-refractivity contribution in [1.82, 2.24) is 15.0 Å². The SMILES string of the molecule is Nc1nc(Cl)cc(Nc2ccc(Cl)c3cccnc23)n1. The number of nitrogens with zero attached hydrogens (tertiary/aromatic N) is 3. The molecule has 5 nitrogen and oxygen atoms in total. The zero-order chi connectivity index (χ0) is 14.1. The van der Waals surface area contributed by atoms with E-state index in [9.17, 15) is 0 Å². The molecule has 2 aromatic heterocycles. The Kier molecular flexibility index (Phi) is 3.30. The van der Waals surface area contributed by atoms with Crippen molar-refractivity contribution >= 4 is 51.6 Å². The summed E-state index contributed by atoms with van der Waals surface area (Å²) in [4.78, 5) is 12.2. The van der Waals surface area contributed by atoms with Gasteiger partial charge in [0.1, 0.15) is 11.0 Å². The lowest BCUT2D eigenvalue weighted by molar-refractivity contribution is 1.18. The highest BCUT2D eigenvalue weighted by Crippen LogP contribution is 2.30. The Labute approximate surface area is 124 Å². The normalized spacial score (nSPS) is 10.7. The summed E-state index contributed by atoms with van der Waals surface area (Å²) >= 11 is 12.0. The number of halogens is 2. The van der Waals surface area contributed by atoms with Crippen molar-refractivity contribution in [2.75, 3.05) is 11.1 Å². The molecular weight excluding hydrogens is 297 g/mol. The molecular formula is C13H9Cl2N5. The van der Waals surface area contributed by atoms with Crippen molar-refractivity contribution in [2.24, 2.45) is 0 Å². The molecule has 3 N–H and O–H groups in total. The van der Waals surface area contributed by atoms with Crippen molar-refractivity contribution in [2.45, 2.75) is 0 Å². The second-order valence-electron chi connectivity index (χ2n) is 4.05. The number of rotatable bonds is 2. The first-order valence-corrected chi connectivity index (χ1v) is 6.49. The number of anilines is 3. The average molecular weight is 306 g/mol. The highest BCUT2D eigenvalue weighted by Gasteiger charge is 2.07. The van der Waals surface area contributed by atoms with Gasteiger partial charge in [-0.15, -0.1) is 0 Å². The van der Waals surface area contributed by atoms with Gasteiger partial charge in [-0.25, -0.2) is 4.98 Å². The lowest BCUT2D eigenvalue weighted by Crippen LogP contribution is -2.00. The molecule has 2 heterocycles. The minimum Gasteiger partial charge on any atom is -0.368 e. The van der Waals surface area contributed by atoms with Crippen LogP contribution in [0.5, 0.6) is 0 Å². The van der Waals surface area contributed by atoms with Crippen LogP contribution in [0.1, 0.15) is 0 Å². The van der Waals surface area contributed by atoms with Gasteiger partial charge in [-0.1, -0.05) is 23.2 Å². The molecule has 0 radical (unpaired) electrons. The summed E-state index contributed by atoms with van der Waals surface area (Å²) in [5, 5.41) is 4.88. The van der Waals surface area contributed by atoms with E-state index in [0.29, 0.717) is 10.8 Å². The molecule has 0 amide bonds. The van der Waals surface area contributed by atoms with E-state index in [0.717, 1.165) is 16.6 Å². The summed E-state index contributed by atoms with van der Waals surface area (Å²) in [6.07, 6.45) is 1.70. The molecule has 0 spiro atoms. The third-order valence-electron chi connectivity index (χ3n) is 2.69. The topological polar surface area (TPSA) is 76.7 Å². The fourth-order valence-corrected chi connectivity index (χ4v) is 2.28. The standard InChI is InChI=1S/C13H9Cl2N5/c14-8-3-4-9(12-7(8)2-1-5-17-12)18-11-6-10(15)19-13(16)20-11/h1-6H,(H3,16,18,19,20). The van der Waals surface area contributed by atoms with Crippen molar-refractivity contribution in [3.63, 3.8) is 0 Å². The Morgan fingerprint density at radius 1 is 1.10 bits per heavy atom. The zero-order valence-corrected chi connectivity index (χ0v) is 11.7. The van der Waals surface area contributed by atoms with E-state index in [4.69, 9.17) is 28.9 Å². The molecule has 0 bridgehead atoms. The quantitative estimate of drug-likeness (QED) is 0.707. The van der Waals surface area contributed by atoms with E-state index in [1.165, 1.54) is 0 Å². The van der Waals surface area contributed by atoms with E-state index >= 15 is 0 Å². The number of nitrogens with one attached hydrogen (secondary N) is 1. The molecule has 0 saturated heterocycles. The first kappa shape index (κ1) is 12.9. The highest BCUT2D eigenvalue weighted by molar-refractivity contribution is 6.35. The molecule has 3 rings (SSSR count). The first-order chi connectivity index (χ1) is 9.63. The maximum atomic E-state index is 6.15. The fraction of sp³-hybridized carbons (Fsp3) is 0. The Hall–Kier alpha value is -2.11. The lowest BCUT2D eigenvalue weighted by Gasteiger charge is -2.09. The third-order valence-corrected chi connectivity index (χ3v) is 3.21. The lowest BCUT2D eigenvalue weighted by atomic mass is 10.2. The number of hydrogen-bond acceptors (Lipinski definition) is 5. The van der Waals surface area contributed by atoms with Gasteiger partial charge < -0.3 is 11.1 Å². The second-order valence-corrected chi connectivity index (χ2v) is 4.85. The van der Waals surface area contributed by atoms with Crippen molar-refractivity contribution in [1.29, 1.82) is 0 Å². The second kappa shape index (κ2) is 5.11. The molecule has 0 unspecified atom stereocenters. The largest absolute Gasteiger partial charge is 0.368 e. The summed E-state index contributed by atoms with van der Waals surface area (Å²) in [6, 6.07) is 8.93. The predicted octanol–water partition coefficient (Wildman–Crippen LogP) is 3.66. The van der Waals surface area contributed by atoms with Gasteiger partial charge in [-0.05, 0) is 24.3 Å². The number of hydrogen-bond donors (Lipinski definition) is 2. The molecule has 0 atom stereocenters. The summed E-state index contributed by atoms with van der Waals surface area (Å²) in [5.74, 6) is 0.600. The van der Waals surface area contributed by atoms with Gasteiger partial charge >= 0.3 is 0 Å². The van der Waals surface area contributed by atoms with Gasteiger partial charge in [0, 0.05) is 17.6 Å².